The summed E-state index contributed by atoms with van der Waals surface area (Å²) in [7, 11) is 0. The van der Waals surface area contributed by atoms with E-state index in [4.69, 9.17) is 4.74 Å². The lowest BCUT2D eigenvalue weighted by Gasteiger charge is -2.34. The molecule has 0 amide bonds. The third-order valence-corrected chi connectivity index (χ3v) is 5.83. The Morgan fingerprint density at radius 2 is 1.30 bits per heavy atom. The Morgan fingerprint density at radius 1 is 0.838 bits per heavy atom. The van der Waals surface area contributed by atoms with Crippen LogP contribution in [0.5, 0.6) is 0 Å². The summed E-state index contributed by atoms with van der Waals surface area (Å²) in [6.45, 7) is 9.89. The zero-order valence-electron chi connectivity index (χ0n) is 20.4. The quantitative estimate of drug-likeness (QED) is 0.316. The molecule has 1 aliphatic rings. The summed E-state index contributed by atoms with van der Waals surface area (Å²) in [4.78, 5) is 15.6. The minimum absolute atomic E-state index is 0. The average molecular weight is 529 g/mol. The number of hydrogen-bond acceptors (Lipinski definition) is 7. The van der Waals surface area contributed by atoms with Crippen LogP contribution in [0.4, 0.5) is 26.6 Å². The van der Waals surface area contributed by atoms with Crippen molar-refractivity contribution in [2.24, 2.45) is 0 Å². The first-order valence-corrected chi connectivity index (χ1v) is 11.9. The van der Waals surface area contributed by atoms with E-state index in [1.54, 1.807) is 36.4 Å². The number of nitrogens with zero attached hydrogens (tertiary/aromatic N) is 4. The van der Waals surface area contributed by atoms with Gasteiger partial charge in [-0.3, -0.25) is 0 Å². The van der Waals surface area contributed by atoms with Crippen molar-refractivity contribution < 1.29 is 13.5 Å². The predicted molar refractivity (Wildman–Crippen MR) is 145 cm³/mol. The van der Waals surface area contributed by atoms with Crippen LogP contribution < -0.4 is 15.5 Å². The first kappa shape index (κ1) is 28.0. The largest absolute Gasteiger partial charge is 0.365 e. The number of rotatable bonds is 11. The highest BCUT2D eigenvalue weighted by Gasteiger charge is 2.26. The molecule has 1 fully saturated rings. The monoisotopic (exact) mass is 528 g/mol. The van der Waals surface area contributed by atoms with Gasteiger partial charge in [-0.1, -0.05) is 36.4 Å². The van der Waals surface area contributed by atoms with Crippen LogP contribution in [0, 0.1) is 11.6 Å². The lowest BCUT2D eigenvalue weighted by molar-refractivity contribution is -0.00498. The molecule has 0 atom stereocenters. The third-order valence-electron chi connectivity index (χ3n) is 5.83. The molecule has 1 aromatic heterocycles. The second-order valence-corrected chi connectivity index (χ2v) is 8.43. The molecule has 0 spiro atoms. The number of anilines is 3. The third kappa shape index (κ3) is 7.71. The van der Waals surface area contributed by atoms with Crippen molar-refractivity contribution in [1.82, 2.24) is 15.0 Å². The Labute approximate surface area is 222 Å². The van der Waals surface area contributed by atoms with Crippen LogP contribution >= 0.6 is 12.4 Å². The van der Waals surface area contributed by atoms with E-state index in [0.29, 0.717) is 44.0 Å². The summed E-state index contributed by atoms with van der Waals surface area (Å²) >= 11 is 0. The number of hydrogen-bond donors (Lipinski definition) is 2. The van der Waals surface area contributed by atoms with Gasteiger partial charge in [-0.05, 0) is 48.2 Å². The van der Waals surface area contributed by atoms with Crippen LogP contribution in [0.2, 0.25) is 0 Å². The summed E-state index contributed by atoms with van der Waals surface area (Å²) in [6, 6.07) is 12.5. The Kier molecular flexibility index (Phi) is 10.3. The maximum atomic E-state index is 13.5. The van der Waals surface area contributed by atoms with E-state index in [1.165, 1.54) is 24.3 Å². The molecule has 1 saturated heterocycles. The zero-order valence-corrected chi connectivity index (χ0v) is 21.3. The minimum Gasteiger partial charge on any atom is -0.365 e. The molecule has 4 rings (SSSR count). The smallest absolute Gasteiger partial charge is 0.231 e. The fourth-order valence-electron chi connectivity index (χ4n) is 4.00. The van der Waals surface area contributed by atoms with Crippen molar-refractivity contribution in [2.45, 2.75) is 25.0 Å². The predicted octanol–water partition coefficient (Wildman–Crippen LogP) is 5.54. The first-order valence-electron chi connectivity index (χ1n) is 11.9. The van der Waals surface area contributed by atoms with Gasteiger partial charge in [0.25, 0.3) is 0 Å². The number of ether oxygens (including phenoxy) is 1. The van der Waals surface area contributed by atoms with E-state index in [2.05, 4.69) is 43.6 Å². The van der Waals surface area contributed by atoms with Gasteiger partial charge in [0.15, 0.2) is 0 Å². The van der Waals surface area contributed by atoms with E-state index < -0.39 is 6.10 Å². The lowest BCUT2D eigenvalue weighted by Crippen LogP contribution is -2.38. The number of aromatic nitrogens is 3. The number of halogens is 3. The Bertz CT molecular complexity index is 1080. The van der Waals surface area contributed by atoms with Crippen LogP contribution in [0.15, 0.2) is 73.8 Å². The van der Waals surface area contributed by atoms with E-state index in [0.717, 1.165) is 24.0 Å². The molecule has 0 bridgehead atoms. The molecule has 0 saturated carbocycles. The normalized spacial score (nSPS) is 13.6. The summed E-state index contributed by atoms with van der Waals surface area (Å²) in [6.07, 6.45) is 4.50. The Balaban J connectivity index is 0.00000380. The summed E-state index contributed by atoms with van der Waals surface area (Å²) in [5.41, 5.74) is 1.64. The minimum atomic E-state index is -0.427. The van der Waals surface area contributed by atoms with Crippen LogP contribution in [-0.2, 0) is 4.74 Å². The van der Waals surface area contributed by atoms with Gasteiger partial charge in [-0.25, -0.2) is 8.78 Å². The summed E-state index contributed by atoms with van der Waals surface area (Å²) < 4.78 is 33.6. The molecule has 37 heavy (non-hydrogen) atoms. The van der Waals surface area contributed by atoms with Crippen LogP contribution in [0.3, 0.4) is 0 Å². The first-order chi connectivity index (χ1) is 17.6. The molecule has 2 heterocycles. The molecule has 0 aliphatic carbocycles. The molecule has 1 aliphatic heterocycles. The van der Waals surface area contributed by atoms with Gasteiger partial charge in [-0.2, -0.15) is 15.0 Å². The second kappa shape index (κ2) is 13.7. The number of nitrogens with one attached hydrogen (secondary N) is 2. The van der Waals surface area contributed by atoms with Crippen LogP contribution in [0.25, 0.3) is 0 Å². The fourth-order valence-corrected chi connectivity index (χ4v) is 4.00. The molecule has 0 unspecified atom stereocenters. The number of benzene rings is 2. The van der Waals surface area contributed by atoms with Gasteiger partial charge in [0.2, 0.25) is 17.8 Å². The topological polar surface area (TPSA) is 75.2 Å². The molecule has 3 aromatic rings. The SMILES string of the molecule is C=CCNc1nc(NCC=C)nc(N2CCC(OC(c3ccc(F)cc3)c3ccc(F)cc3)CC2)n1.Cl. The van der Waals surface area contributed by atoms with Gasteiger partial charge in [-0.15, -0.1) is 25.6 Å². The van der Waals surface area contributed by atoms with Gasteiger partial charge in [0.05, 0.1) is 6.10 Å². The molecular weight excluding hydrogens is 498 g/mol. The maximum absolute atomic E-state index is 13.5. The molecule has 7 nitrogen and oxygen atoms in total. The van der Waals surface area contributed by atoms with Gasteiger partial charge < -0.3 is 20.3 Å². The van der Waals surface area contributed by atoms with E-state index in [-0.39, 0.29) is 30.1 Å². The van der Waals surface area contributed by atoms with E-state index in [1.807, 2.05) is 0 Å². The number of piperidine rings is 1. The molecule has 2 N–H and O–H groups in total. The van der Waals surface area contributed by atoms with Crippen molar-refractivity contribution in [1.29, 1.82) is 0 Å². The lowest BCUT2D eigenvalue weighted by atomic mass is 10.00. The van der Waals surface area contributed by atoms with E-state index in [9.17, 15) is 8.78 Å². The molecule has 10 heteroatoms. The molecule has 0 radical (unpaired) electrons. The van der Waals surface area contributed by atoms with Crippen molar-refractivity contribution in [2.75, 3.05) is 41.7 Å². The highest BCUT2D eigenvalue weighted by molar-refractivity contribution is 5.85. The molecule has 2 aromatic carbocycles. The van der Waals surface area contributed by atoms with E-state index >= 15 is 0 Å². The molecule has 196 valence electrons. The van der Waals surface area contributed by atoms with Gasteiger partial charge >= 0.3 is 0 Å². The Hall–Kier alpha value is -3.56. The summed E-state index contributed by atoms with van der Waals surface area (Å²) in [5, 5.41) is 6.24. The van der Waals surface area contributed by atoms with Gasteiger partial charge in [0.1, 0.15) is 17.7 Å². The zero-order chi connectivity index (χ0) is 25.3. The standard InChI is InChI=1S/C27H30F2N6O.ClH/c1-3-15-30-25-32-26(31-16-4-2)34-27(33-25)35-17-13-23(14-18-35)36-24(19-5-9-21(28)10-6-19)20-7-11-22(29)12-8-20;/h3-12,23-24H,1-2,13-18H2,(H2,30,31,32,33,34);1H. The highest BCUT2D eigenvalue weighted by Crippen LogP contribution is 2.31. The maximum Gasteiger partial charge on any atom is 0.231 e. The van der Waals surface area contributed by atoms with Gasteiger partial charge in [0, 0.05) is 26.2 Å². The fraction of sp³-hybridized carbons (Fsp3) is 0.296. The molecular formula is C27H31ClF2N6O. The van der Waals surface area contributed by atoms with Crippen molar-refractivity contribution in [3.05, 3.63) is 96.6 Å². The average Bonchev–Trinajstić information content (AvgIpc) is 2.91. The van der Waals surface area contributed by atoms with Crippen molar-refractivity contribution >= 4 is 30.3 Å². The second-order valence-electron chi connectivity index (χ2n) is 8.43. The van der Waals surface area contributed by atoms with Crippen molar-refractivity contribution in [3.8, 4) is 0 Å². The van der Waals surface area contributed by atoms with Crippen LogP contribution in [0.1, 0.15) is 30.1 Å². The van der Waals surface area contributed by atoms with Crippen molar-refractivity contribution in [3.63, 3.8) is 0 Å². The summed E-state index contributed by atoms with van der Waals surface area (Å²) in [5.74, 6) is 0.891. The highest BCUT2D eigenvalue weighted by atomic mass is 35.5. The Morgan fingerprint density at radius 3 is 1.73 bits per heavy atom. The van der Waals surface area contributed by atoms with Crippen LogP contribution in [-0.4, -0.2) is 47.2 Å².